The van der Waals surface area contributed by atoms with E-state index in [1.165, 1.54) is 12.1 Å². The molecule has 2 atom stereocenters. The van der Waals surface area contributed by atoms with Crippen LogP contribution in [-0.2, 0) is 11.3 Å². The second kappa shape index (κ2) is 8.52. The van der Waals surface area contributed by atoms with Crippen LogP contribution in [0.2, 0.25) is 0 Å². The standard InChI is InChI=1S/C29H30FN3O2/c1-18-6-7-20-17-32(28(34)29(3,4)5)19(2)27(25(20)14-18)35-24-12-13-26-21(15-24)16-31-33(26)23-10-8-22(30)9-11-23/h6-16,19,27H,17H2,1-5H3/t19-,27-/m0/s1. The number of ether oxygens (including phenoxy) is 1. The first-order valence-corrected chi connectivity index (χ1v) is 11.9. The number of benzene rings is 3. The fourth-order valence-electron chi connectivity index (χ4n) is 4.74. The fraction of sp³-hybridized carbons (Fsp3) is 0.310. The van der Waals surface area contributed by atoms with Crippen LogP contribution in [0.25, 0.3) is 16.6 Å². The van der Waals surface area contributed by atoms with Crippen molar-refractivity contribution in [3.8, 4) is 11.4 Å². The molecule has 0 fully saturated rings. The van der Waals surface area contributed by atoms with Gasteiger partial charge in [-0.15, -0.1) is 0 Å². The van der Waals surface area contributed by atoms with Crippen molar-refractivity contribution < 1.29 is 13.9 Å². The third-order valence-corrected chi connectivity index (χ3v) is 6.65. The van der Waals surface area contributed by atoms with Crippen LogP contribution in [-0.4, -0.2) is 26.6 Å². The van der Waals surface area contributed by atoms with Gasteiger partial charge in [0.1, 0.15) is 17.7 Å². The number of halogens is 1. The lowest BCUT2D eigenvalue weighted by Crippen LogP contribution is -2.50. The van der Waals surface area contributed by atoms with Crippen molar-refractivity contribution in [2.75, 3.05) is 0 Å². The Balaban J connectivity index is 1.50. The van der Waals surface area contributed by atoms with Gasteiger partial charge in [0, 0.05) is 17.3 Å². The normalized spacial score (nSPS) is 17.9. The quantitative estimate of drug-likeness (QED) is 0.349. The molecule has 0 saturated carbocycles. The Hall–Kier alpha value is -3.67. The Bertz CT molecular complexity index is 1400. The monoisotopic (exact) mass is 471 g/mol. The maximum Gasteiger partial charge on any atom is 0.228 e. The highest BCUT2D eigenvalue weighted by Crippen LogP contribution is 2.38. The van der Waals surface area contributed by atoms with Gasteiger partial charge < -0.3 is 9.64 Å². The van der Waals surface area contributed by atoms with Gasteiger partial charge in [0.25, 0.3) is 0 Å². The molecule has 5 nitrogen and oxygen atoms in total. The van der Waals surface area contributed by atoms with E-state index >= 15 is 0 Å². The molecule has 0 bridgehead atoms. The van der Waals surface area contributed by atoms with Crippen LogP contribution in [0.15, 0.2) is 66.9 Å². The number of aromatic nitrogens is 2. The molecular weight excluding hydrogens is 441 g/mol. The van der Waals surface area contributed by atoms with E-state index in [0.29, 0.717) is 12.3 Å². The first-order valence-electron chi connectivity index (χ1n) is 11.9. The van der Waals surface area contributed by atoms with Gasteiger partial charge in [0.2, 0.25) is 5.91 Å². The van der Waals surface area contributed by atoms with E-state index in [4.69, 9.17) is 4.74 Å². The number of carbonyl (C=O) groups excluding carboxylic acids is 1. The van der Waals surface area contributed by atoms with Crippen molar-refractivity contribution in [3.05, 3.63) is 89.4 Å². The van der Waals surface area contributed by atoms with Crippen LogP contribution in [0.5, 0.6) is 5.75 Å². The minimum Gasteiger partial charge on any atom is -0.484 e. The Morgan fingerprint density at radius 3 is 2.51 bits per heavy atom. The van der Waals surface area contributed by atoms with Gasteiger partial charge in [-0.2, -0.15) is 5.10 Å². The molecule has 35 heavy (non-hydrogen) atoms. The topological polar surface area (TPSA) is 47.4 Å². The van der Waals surface area contributed by atoms with Gasteiger partial charge in [0.15, 0.2) is 0 Å². The van der Waals surface area contributed by atoms with Crippen LogP contribution < -0.4 is 4.74 Å². The number of hydrogen-bond acceptors (Lipinski definition) is 3. The lowest BCUT2D eigenvalue weighted by Gasteiger charge is -2.43. The second-order valence-electron chi connectivity index (χ2n) is 10.4. The Kier molecular flexibility index (Phi) is 5.62. The van der Waals surface area contributed by atoms with Crippen LogP contribution in [0.4, 0.5) is 4.39 Å². The van der Waals surface area contributed by atoms with E-state index in [-0.39, 0.29) is 23.9 Å². The van der Waals surface area contributed by atoms with E-state index in [1.807, 2.05) is 43.9 Å². The minimum atomic E-state index is -0.477. The van der Waals surface area contributed by atoms with E-state index in [0.717, 1.165) is 33.3 Å². The molecule has 1 aromatic heterocycles. The number of nitrogens with zero attached hydrogens (tertiary/aromatic N) is 3. The van der Waals surface area contributed by atoms with Crippen molar-refractivity contribution >= 4 is 16.8 Å². The number of hydrogen-bond donors (Lipinski definition) is 0. The fourth-order valence-corrected chi connectivity index (χ4v) is 4.74. The molecule has 1 aliphatic rings. The predicted octanol–water partition coefficient (Wildman–Crippen LogP) is 6.37. The van der Waals surface area contributed by atoms with Crippen LogP contribution in [0.3, 0.4) is 0 Å². The maximum atomic E-state index is 13.4. The third kappa shape index (κ3) is 4.29. The summed E-state index contributed by atoms with van der Waals surface area (Å²) in [6.07, 6.45) is 1.48. The first-order chi connectivity index (χ1) is 16.6. The molecule has 3 aromatic carbocycles. The molecule has 0 saturated heterocycles. The summed E-state index contributed by atoms with van der Waals surface area (Å²) >= 11 is 0. The number of fused-ring (bicyclic) bond motifs is 2. The third-order valence-electron chi connectivity index (χ3n) is 6.65. The molecule has 6 heteroatoms. The number of amides is 1. The lowest BCUT2D eigenvalue weighted by molar-refractivity contribution is -0.145. The highest BCUT2D eigenvalue weighted by Gasteiger charge is 2.39. The van der Waals surface area contributed by atoms with Crippen molar-refractivity contribution in [3.63, 3.8) is 0 Å². The van der Waals surface area contributed by atoms with E-state index < -0.39 is 5.41 Å². The predicted molar refractivity (Wildman–Crippen MR) is 135 cm³/mol. The number of rotatable bonds is 3. The zero-order chi connectivity index (χ0) is 24.9. The molecule has 0 aliphatic carbocycles. The highest BCUT2D eigenvalue weighted by atomic mass is 19.1. The van der Waals surface area contributed by atoms with Gasteiger partial charge >= 0.3 is 0 Å². The molecule has 4 aromatic rings. The van der Waals surface area contributed by atoms with Crippen LogP contribution >= 0.6 is 0 Å². The average Bonchev–Trinajstić information content (AvgIpc) is 3.23. The van der Waals surface area contributed by atoms with E-state index in [9.17, 15) is 9.18 Å². The van der Waals surface area contributed by atoms with Crippen molar-refractivity contribution in [1.29, 1.82) is 0 Å². The molecule has 0 unspecified atom stereocenters. The molecular formula is C29H30FN3O2. The van der Waals surface area contributed by atoms with Crippen molar-refractivity contribution in [2.24, 2.45) is 5.41 Å². The Morgan fingerprint density at radius 2 is 1.80 bits per heavy atom. The molecule has 0 spiro atoms. The Morgan fingerprint density at radius 1 is 1.06 bits per heavy atom. The summed E-state index contributed by atoms with van der Waals surface area (Å²) in [5, 5.41) is 5.41. The summed E-state index contributed by atoms with van der Waals surface area (Å²) < 4.78 is 21.7. The molecule has 0 N–H and O–H groups in total. The van der Waals surface area contributed by atoms with Gasteiger partial charge in [-0.25, -0.2) is 9.07 Å². The molecule has 1 aliphatic heterocycles. The van der Waals surface area contributed by atoms with E-state index in [1.54, 1.807) is 23.0 Å². The molecule has 2 heterocycles. The number of aryl methyl sites for hydroxylation is 1. The Labute approximate surface area is 205 Å². The minimum absolute atomic E-state index is 0.112. The summed E-state index contributed by atoms with van der Waals surface area (Å²) in [5.74, 6) is 0.545. The second-order valence-corrected chi connectivity index (χ2v) is 10.4. The zero-order valence-electron chi connectivity index (χ0n) is 20.7. The van der Waals surface area contributed by atoms with Crippen LogP contribution in [0.1, 0.15) is 50.5 Å². The maximum absolute atomic E-state index is 13.4. The number of carbonyl (C=O) groups is 1. The van der Waals surface area contributed by atoms with Gasteiger partial charge in [0.05, 0.1) is 23.4 Å². The van der Waals surface area contributed by atoms with Crippen molar-refractivity contribution in [1.82, 2.24) is 14.7 Å². The van der Waals surface area contributed by atoms with Gasteiger partial charge in [-0.3, -0.25) is 4.79 Å². The summed E-state index contributed by atoms with van der Waals surface area (Å²) in [4.78, 5) is 15.2. The summed E-state index contributed by atoms with van der Waals surface area (Å²) in [7, 11) is 0. The van der Waals surface area contributed by atoms with Crippen molar-refractivity contribution in [2.45, 2.75) is 53.3 Å². The zero-order valence-corrected chi connectivity index (χ0v) is 20.7. The lowest BCUT2D eigenvalue weighted by atomic mass is 9.87. The average molecular weight is 472 g/mol. The molecule has 0 radical (unpaired) electrons. The summed E-state index contributed by atoms with van der Waals surface area (Å²) in [5.41, 5.74) is 4.61. The first kappa shape index (κ1) is 23.1. The van der Waals surface area contributed by atoms with Gasteiger partial charge in [-0.05, 0) is 67.4 Å². The summed E-state index contributed by atoms with van der Waals surface area (Å²) in [6, 6.07) is 18.3. The molecule has 1 amide bonds. The smallest absolute Gasteiger partial charge is 0.228 e. The highest BCUT2D eigenvalue weighted by molar-refractivity contribution is 5.83. The summed E-state index contributed by atoms with van der Waals surface area (Å²) in [6.45, 7) is 10.6. The SMILES string of the molecule is Cc1ccc2c(c1)[C@@H](Oc1ccc3c(cnn3-c3ccc(F)cc3)c1)[C@H](C)N(C(=O)C(C)(C)C)C2. The van der Waals surface area contributed by atoms with E-state index in [2.05, 4.69) is 37.1 Å². The molecule has 5 rings (SSSR count). The van der Waals surface area contributed by atoms with Crippen LogP contribution in [0, 0.1) is 18.2 Å². The molecule has 180 valence electrons. The van der Waals surface area contributed by atoms with Gasteiger partial charge in [-0.1, -0.05) is 44.5 Å². The largest absolute Gasteiger partial charge is 0.484 e.